The minimum absolute atomic E-state index is 0.0425. The average Bonchev–Trinajstić information content (AvgIpc) is 2.63. The van der Waals surface area contributed by atoms with Crippen LogP contribution in [0.3, 0.4) is 0 Å². The molecule has 1 aliphatic heterocycles. The van der Waals surface area contributed by atoms with E-state index in [0.29, 0.717) is 29.9 Å². The fraction of sp³-hybridized carbons (Fsp3) is 0.500. The third-order valence-electron chi connectivity index (χ3n) is 5.64. The van der Waals surface area contributed by atoms with Crippen LogP contribution in [0.25, 0.3) is 0 Å². The van der Waals surface area contributed by atoms with Crippen LogP contribution in [0.15, 0.2) is 46.8 Å². The van der Waals surface area contributed by atoms with Crippen molar-refractivity contribution in [2.45, 2.75) is 65.7 Å². The van der Waals surface area contributed by atoms with Crippen molar-refractivity contribution in [3.63, 3.8) is 0 Å². The summed E-state index contributed by atoms with van der Waals surface area (Å²) >= 11 is 0. The first-order valence-electron chi connectivity index (χ1n) is 10.4. The number of phenolic OH excluding ortho intramolecular Hbond substituents is 1. The molecule has 1 heterocycles. The van der Waals surface area contributed by atoms with E-state index in [9.17, 15) is 14.7 Å². The molecule has 0 fully saturated rings. The van der Waals surface area contributed by atoms with Gasteiger partial charge < -0.3 is 15.2 Å². The monoisotopic (exact) mass is 397 g/mol. The van der Waals surface area contributed by atoms with Crippen LogP contribution in [0.2, 0.25) is 0 Å². The van der Waals surface area contributed by atoms with Crippen LogP contribution >= 0.6 is 0 Å². The minimum atomic E-state index is -0.527. The number of hydrogen-bond acceptors (Lipinski definition) is 5. The first kappa shape index (κ1) is 21.2. The molecule has 0 saturated carbocycles. The van der Waals surface area contributed by atoms with E-state index in [2.05, 4.69) is 26.1 Å². The second-order valence-electron chi connectivity index (χ2n) is 8.87. The number of rotatable bonds is 6. The number of unbranched alkanes of at least 4 members (excludes halogenated alkanes) is 2. The van der Waals surface area contributed by atoms with Crippen LogP contribution in [0.5, 0.6) is 5.75 Å². The van der Waals surface area contributed by atoms with E-state index >= 15 is 0 Å². The number of carbonyl (C=O) groups is 2. The smallest absolute Gasteiger partial charge is 0.336 e. The van der Waals surface area contributed by atoms with Crippen molar-refractivity contribution in [3.05, 3.63) is 52.4 Å². The second kappa shape index (κ2) is 8.44. The van der Waals surface area contributed by atoms with Gasteiger partial charge in [-0.05, 0) is 42.9 Å². The van der Waals surface area contributed by atoms with Crippen molar-refractivity contribution < 1.29 is 19.4 Å². The summed E-state index contributed by atoms with van der Waals surface area (Å²) < 4.78 is 5.56. The zero-order valence-electron chi connectivity index (χ0n) is 17.8. The Morgan fingerprint density at radius 1 is 1.28 bits per heavy atom. The molecule has 0 radical (unpaired) electrons. The normalized spacial score (nSPS) is 21.0. The van der Waals surface area contributed by atoms with Crippen LogP contribution in [0.4, 0.5) is 0 Å². The molecule has 1 aliphatic carbocycles. The van der Waals surface area contributed by atoms with Gasteiger partial charge in [-0.3, -0.25) is 4.79 Å². The first-order chi connectivity index (χ1) is 13.7. The van der Waals surface area contributed by atoms with Crippen molar-refractivity contribution in [1.29, 1.82) is 0 Å². The fourth-order valence-corrected chi connectivity index (χ4v) is 4.34. The molecule has 0 spiro atoms. The summed E-state index contributed by atoms with van der Waals surface area (Å²) in [5.74, 6) is -0.773. The van der Waals surface area contributed by atoms with Crippen molar-refractivity contribution in [1.82, 2.24) is 5.32 Å². The highest BCUT2D eigenvalue weighted by atomic mass is 16.5. The molecule has 2 aliphatic rings. The number of phenols is 1. The van der Waals surface area contributed by atoms with Gasteiger partial charge in [-0.25, -0.2) is 4.79 Å². The molecule has 0 bridgehead atoms. The Balaban J connectivity index is 2.03. The van der Waals surface area contributed by atoms with Crippen LogP contribution in [-0.4, -0.2) is 23.5 Å². The molecular formula is C24H31NO4. The number of dihydropyridines is 1. The number of ether oxygens (including phenoxy) is 1. The molecule has 1 atom stereocenters. The minimum Gasteiger partial charge on any atom is -0.508 e. The van der Waals surface area contributed by atoms with E-state index in [1.807, 2.05) is 13.0 Å². The third-order valence-corrected chi connectivity index (χ3v) is 5.64. The maximum Gasteiger partial charge on any atom is 0.336 e. The first-order valence-corrected chi connectivity index (χ1v) is 10.4. The number of nitrogens with one attached hydrogen (secondary N) is 1. The molecule has 1 aromatic rings. The molecule has 1 aromatic carbocycles. The lowest BCUT2D eigenvalue weighted by Gasteiger charge is -2.39. The average molecular weight is 398 g/mol. The summed E-state index contributed by atoms with van der Waals surface area (Å²) in [6.45, 7) is 8.48. The third kappa shape index (κ3) is 4.55. The quantitative estimate of drug-likeness (QED) is 0.536. The van der Waals surface area contributed by atoms with Gasteiger partial charge in [0.05, 0.1) is 12.2 Å². The predicted molar refractivity (Wildman–Crippen MR) is 112 cm³/mol. The van der Waals surface area contributed by atoms with Gasteiger partial charge in [0.25, 0.3) is 0 Å². The summed E-state index contributed by atoms with van der Waals surface area (Å²) in [5.41, 5.74) is 3.26. The molecule has 0 amide bonds. The highest BCUT2D eigenvalue weighted by Gasteiger charge is 2.43. The summed E-state index contributed by atoms with van der Waals surface area (Å²) in [7, 11) is 0. The van der Waals surface area contributed by atoms with Crippen molar-refractivity contribution in [3.8, 4) is 5.75 Å². The highest BCUT2D eigenvalue weighted by Crippen LogP contribution is 2.47. The van der Waals surface area contributed by atoms with Gasteiger partial charge in [0.2, 0.25) is 0 Å². The predicted octanol–water partition coefficient (Wildman–Crippen LogP) is 4.73. The topological polar surface area (TPSA) is 75.6 Å². The van der Waals surface area contributed by atoms with E-state index in [1.54, 1.807) is 18.2 Å². The molecule has 2 N–H and O–H groups in total. The van der Waals surface area contributed by atoms with Crippen LogP contribution < -0.4 is 5.32 Å². The van der Waals surface area contributed by atoms with Gasteiger partial charge in [0.1, 0.15) is 5.75 Å². The number of hydrogen-bond donors (Lipinski definition) is 2. The Morgan fingerprint density at radius 2 is 2.03 bits per heavy atom. The van der Waals surface area contributed by atoms with Gasteiger partial charge in [-0.2, -0.15) is 0 Å². The Labute approximate surface area is 172 Å². The Bertz CT molecular complexity index is 879. The summed E-state index contributed by atoms with van der Waals surface area (Å²) in [6.07, 6.45) is 4.04. The number of aromatic hydroxyl groups is 1. The fourth-order valence-electron chi connectivity index (χ4n) is 4.34. The van der Waals surface area contributed by atoms with Gasteiger partial charge in [-0.15, -0.1) is 0 Å². The van der Waals surface area contributed by atoms with Crippen molar-refractivity contribution in [2.24, 2.45) is 5.41 Å². The van der Waals surface area contributed by atoms with Gasteiger partial charge in [0, 0.05) is 29.3 Å². The Hall–Kier alpha value is -2.56. The van der Waals surface area contributed by atoms with Crippen molar-refractivity contribution >= 4 is 11.8 Å². The molecule has 3 rings (SSSR count). The lowest BCUT2D eigenvalue weighted by atomic mass is 9.68. The number of esters is 1. The molecule has 0 aromatic heterocycles. The largest absolute Gasteiger partial charge is 0.508 e. The molecular weight excluding hydrogens is 366 g/mol. The molecule has 156 valence electrons. The molecule has 29 heavy (non-hydrogen) atoms. The van der Waals surface area contributed by atoms with Gasteiger partial charge in [0.15, 0.2) is 5.78 Å². The zero-order valence-corrected chi connectivity index (χ0v) is 17.8. The summed E-state index contributed by atoms with van der Waals surface area (Å²) in [4.78, 5) is 26.2. The van der Waals surface area contributed by atoms with E-state index in [4.69, 9.17) is 4.74 Å². The number of Topliss-reactive ketones (excluding diaryl/α,β-unsaturated/α-hetero) is 1. The SMILES string of the molecule is CCCCCOC(=O)C1=C(C)NC2=C(C(=O)CC(C)(C)C2)[C@@H]1c1cccc(O)c1. The van der Waals surface area contributed by atoms with E-state index in [1.165, 1.54) is 0 Å². The van der Waals surface area contributed by atoms with Gasteiger partial charge >= 0.3 is 5.97 Å². The number of benzene rings is 1. The van der Waals surface area contributed by atoms with Crippen LogP contribution in [0, 0.1) is 5.41 Å². The van der Waals surface area contributed by atoms with E-state index in [-0.39, 0.29) is 16.9 Å². The highest BCUT2D eigenvalue weighted by molar-refractivity contribution is 6.04. The summed E-state index contributed by atoms with van der Waals surface area (Å²) in [5, 5.41) is 13.4. The molecule has 5 heteroatoms. The lowest BCUT2D eigenvalue weighted by molar-refractivity contribution is -0.139. The lowest BCUT2D eigenvalue weighted by Crippen LogP contribution is -2.38. The number of allylic oxidation sites excluding steroid dienone is 3. The van der Waals surface area contributed by atoms with Crippen molar-refractivity contribution in [2.75, 3.05) is 6.61 Å². The Morgan fingerprint density at radius 3 is 2.72 bits per heavy atom. The standard InChI is InChI=1S/C24H31NO4/c1-5-6-7-11-29-23(28)20-15(2)25-18-13-24(3,4)14-19(27)22(18)21(20)16-9-8-10-17(26)12-16/h8-10,12,21,25-26H,5-7,11,13-14H2,1-4H3/t21-/m1/s1. The summed E-state index contributed by atoms with van der Waals surface area (Å²) in [6, 6.07) is 6.81. The van der Waals surface area contributed by atoms with E-state index < -0.39 is 11.9 Å². The second-order valence-corrected chi connectivity index (χ2v) is 8.87. The van der Waals surface area contributed by atoms with Crippen LogP contribution in [-0.2, 0) is 14.3 Å². The molecule has 0 saturated heterocycles. The van der Waals surface area contributed by atoms with Gasteiger partial charge in [-0.1, -0.05) is 45.7 Å². The van der Waals surface area contributed by atoms with Crippen LogP contribution in [0.1, 0.15) is 71.3 Å². The number of carbonyl (C=O) groups excluding carboxylic acids is 2. The molecule has 0 unspecified atom stereocenters. The Kier molecular flexibility index (Phi) is 6.15. The number of ketones is 1. The zero-order chi connectivity index (χ0) is 21.2. The molecule has 5 nitrogen and oxygen atoms in total. The maximum absolute atomic E-state index is 13.2. The van der Waals surface area contributed by atoms with E-state index in [0.717, 1.165) is 36.9 Å². The maximum atomic E-state index is 13.2.